The Kier molecular flexibility index (Phi) is 5.47. The number of amides is 2. The molecule has 2 aromatic heterocycles. The van der Waals surface area contributed by atoms with Crippen LogP contribution in [0.2, 0.25) is 0 Å². The first kappa shape index (κ1) is 18.1. The largest absolute Gasteiger partial charge is 0.389 e. The lowest BCUT2D eigenvalue weighted by atomic mass is 10.3. The molecule has 0 aliphatic carbocycles. The molecule has 0 saturated carbocycles. The molecule has 2 amide bonds. The van der Waals surface area contributed by atoms with Crippen molar-refractivity contribution in [2.45, 2.75) is 26.4 Å². The van der Waals surface area contributed by atoms with E-state index in [2.05, 4.69) is 15.5 Å². The van der Waals surface area contributed by atoms with Crippen molar-refractivity contribution in [3.63, 3.8) is 0 Å². The predicted molar refractivity (Wildman–Crippen MR) is 88.0 cm³/mol. The molecule has 0 aliphatic heterocycles. The van der Waals surface area contributed by atoms with E-state index in [1.807, 2.05) is 6.92 Å². The summed E-state index contributed by atoms with van der Waals surface area (Å²) >= 11 is 0. The fourth-order valence-electron chi connectivity index (χ4n) is 2.16. The van der Waals surface area contributed by atoms with Gasteiger partial charge >= 0.3 is 5.82 Å². The lowest BCUT2D eigenvalue weighted by Crippen LogP contribution is -2.26. The van der Waals surface area contributed by atoms with E-state index in [-0.39, 0.29) is 30.6 Å². The Hall–Kier alpha value is -3.24. The summed E-state index contributed by atoms with van der Waals surface area (Å²) in [6.07, 6.45) is 2.91. The number of nitrogens with zero attached hydrogens (tertiary/aromatic N) is 6. The van der Waals surface area contributed by atoms with Crippen LogP contribution in [0.3, 0.4) is 0 Å². The van der Waals surface area contributed by atoms with Gasteiger partial charge in [0.05, 0.1) is 35.8 Å². The number of hydrogen-bond acceptors (Lipinski definition) is 6. The maximum Gasteiger partial charge on any atom is 0.389 e. The number of carbonyl (C=O) groups excluding carboxylic acids is 2. The average molecular weight is 349 g/mol. The molecule has 0 bridgehead atoms. The van der Waals surface area contributed by atoms with Crippen molar-refractivity contribution < 1.29 is 14.5 Å². The standard InChI is InChI=1S/C14H19N7O4/c1-4-20-13(14(23)18(2)3)10(9-15-20)16-12(22)6-8-19-7-5-11(17-19)21(24)25/h5,7,9H,4,6,8H2,1-3H3,(H,16,22). The number of aromatic nitrogens is 4. The van der Waals surface area contributed by atoms with Gasteiger partial charge in [0.15, 0.2) is 0 Å². The molecule has 0 atom stereocenters. The van der Waals surface area contributed by atoms with Crippen molar-refractivity contribution in [2.75, 3.05) is 19.4 Å². The van der Waals surface area contributed by atoms with Crippen molar-refractivity contribution in [3.05, 3.63) is 34.3 Å². The highest BCUT2D eigenvalue weighted by Gasteiger charge is 2.21. The van der Waals surface area contributed by atoms with E-state index < -0.39 is 4.92 Å². The molecule has 2 rings (SSSR count). The molecule has 0 aromatic carbocycles. The monoisotopic (exact) mass is 349 g/mol. The van der Waals surface area contributed by atoms with Crippen LogP contribution in [-0.4, -0.2) is 55.3 Å². The van der Waals surface area contributed by atoms with Crippen LogP contribution in [0, 0.1) is 10.1 Å². The molecule has 11 heteroatoms. The third kappa shape index (κ3) is 4.19. The SMILES string of the molecule is CCn1ncc(NC(=O)CCn2ccc([N+](=O)[O-])n2)c1C(=O)N(C)C. The lowest BCUT2D eigenvalue weighted by Gasteiger charge is -2.13. The van der Waals surface area contributed by atoms with Gasteiger partial charge in [-0.2, -0.15) is 9.78 Å². The molecule has 1 N–H and O–H groups in total. The zero-order chi connectivity index (χ0) is 18.6. The van der Waals surface area contributed by atoms with Gasteiger partial charge in [-0.05, 0) is 11.8 Å². The van der Waals surface area contributed by atoms with Gasteiger partial charge in [-0.1, -0.05) is 0 Å². The van der Waals surface area contributed by atoms with Crippen LogP contribution >= 0.6 is 0 Å². The summed E-state index contributed by atoms with van der Waals surface area (Å²) < 4.78 is 2.83. The van der Waals surface area contributed by atoms with Crippen LogP contribution in [0.4, 0.5) is 11.5 Å². The molecule has 0 aliphatic rings. The Labute approximate surface area is 143 Å². The van der Waals surface area contributed by atoms with E-state index in [1.54, 1.807) is 14.1 Å². The Morgan fingerprint density at radius 3 is 2.68 bits per heavy atom. The minimum Gasteiger partial charge on any atom is -0.358 e. The van der Waals surface area contributed by atoms with E-state index in [0.29, 0.717) is 17.9 Å². The molecule has 2 aromatic rings. The zero-order valence-corrected chi connectivity index (χ0v) is 14.2. The summed E-state index contributed by atoms with van der Waals surface area (Å²) in [4.78, 5) is 35.8. The molecule has 134 valence electrons. The number of anilines is 1. The number of nitro groups is 1. The van der Waals surface area contributed by atoms with Crippen molar-refractivity contribution >= 4 is 23.3 Å². The van der Waals surface area contributed by atoms with Crippen molar-refractivity contribution in [2.24, 2.45) is 0 Å². The number of nitrogens with one attached hydrogen (secondary N) is 1. The normalized spacial score (nSPS) is 10.5. The Balaban J connectivity index is 2.04. The second-order valence-electron chi connectivity index (χ2n) is 5.41. The van der Waals surface area contributed by atoms with Crippen molar-refractivity contribution in [1.29, 1.82) is 0 Å². The Bertz CT molecular complexity index is 793. The van der Waals surface area contributed by atoms with Gasteiger partial charge < -0.3 is 20.3 Å². The van der Waals surface area contributed by atoms with E-state index >= 15 is 0 Å². The fourth-order valence-corrected chi connectivity index (χ4v) is 2.16. The molecule has 11 nitrogen and oxygen atoms in total. The van der Waals surface area contributed by atoms with Crippen LogP contribution in [0.15, 0.2) is 18.5 Å². The summed E-state index contributed by atoms with van der Waals surface area (Å²) in [5, 5.41) is 21.1. The van der Waals surface area contributed by atoms with Crippen LogP contribution < -0.4 is 5.32 Å². The second kappa shape index (κ2) is 7.55. The van der Waals surface area contributed by atoms with Gasteiger partial charge in [-0.15, -0.1) is 0 Å². The summed E-state index contributed by atoms with van der Waals surface area (Å²) in [5.74, 6) is -0.887. The van der Waals surface area contributed by atoms with Crippen LogP contribution in [0.25, 0.3) is 0 Å². The van der Waals surface area contributed by atoms with Crippen molar-refractivity contribution in [3.8, 4) is 0 Å². The molecule has 0 spiro atoms. The third-order valence-corrected chi connectivity index (χ3v) is 3.40. The summed E-state index contributed by atoms with van der Waals surface area (Å²) in [6, 6.07) is 1.26. The lowest BCUT2D eigenvalue weighted by molar-refractivity contribution is -0.389. The maximum atomic E-state index is 12.3. The first-order valence-corrected chi connectivity index (χ1v) is 7.58. The summed E-state index contributed by atoms with van der Waals surface area (Å²) in [6.45, 7) is 2.51. The summed E-state index contributed by atoms with van der Waals surface area (Å²) in [7, 11) is 3.23. The quantitative estimate of drug-likeness (QED) is 0.580. The highest BCUT2D eigenvalue weighted by atomic mass is 16.6. The molecule has 0 saturated heterocycles. The van der Waals surface area contributed by atoms with Crippen LogP contribution in [-0.2, 0) is 17.9 Å². The predicted octanol–water partition coefficient (Wildman–Crippen LogP) is 0.738. The average Bonchev–Trinajstić information content (AvgIpc) is 3.18. The fraction of sp³-hybridized carbons (Fsp3) is 0.429. The third-order valence-electron chi connectivity index (χ3n) is 3.40. The van der Waals surface area contributed by atoms with Gasteiger partial charge in [0, 0.05) is 27.1 Å². The maximum absolute atomic E-state index is 12.3. The minimum absolute atomic E-state index is 0.0474. The Morgan fingerprint density at radius 1 is 1.40 bits per heavy atom. The first-order chi connectivity index (χ1) is 11.8. The zero-order valence-electron chi connectivity index (χ0n) is 14.2. The van der Waals surface area contributed by atoms with E-state index in [9.17, 15) is 19.7 Å². The highest BCUT2D eigenvalue weighted by molar-refractivity contribution is 6.02. The topological polar surface area (TPSA) is 128 Å². The van der Waals surface area contributed by atoms with E-state index in [4.69, 9.17) is 0 Å². The molecule has 0 unspecified atom stereocenters. The highest BCUT2D eigenvalue weighted by Crippen LogP contribution is 2.17. The number of hydrogen-bond donors (Lipinski definition) is 1. The van der Waals surface area contributed by atoms with Gasteiger partial charge in [-0.3, -0.25) is 14.3 Å². The molecular weight excluding hydrogens is 330 g/mol. The number of rotatable bonds is 7. The molecule has 0 radical (unpaired) electrons. The Morgan fingerprint density at radius 2 is 2.12 bits per heavy atom. The van der Waals surface area contributed by atoms with Gasteiger partial charge in [0.1, 0.15) is 5.69 Å². The first-order valence-electron chi connectivity index (χ1n) is 7.58. The molecule has 0 fully saturated rings. The minimum atomic E-state index is -0.602. The number of aryl methyl sites for hydroxylation is 2. The van der Waals surface area contributed by atoms with Crippen LogP contribution in [0.1, 0.15) is 23.8 Å². The molecule has 2 heterocycles. The van der Waals surface area contributed by atoms with E-state index in [1.165, 1.54) is 32.7 Å². The molecular formula is C14H19N7O4. The van der Waals surface area contributed by atoms with Gasteiger partial charge in [0.2, 0.25) is 5.91 Å². The van der Waals surface area contributed by atoms with Crippen molar-refractivity contribution in [1.82, 2.24) is 24.5 Å². The smallest absolute Gasteiger partial charge is 0.358 e. The second-order valence-corrected chi connectivity index (χ2v) is 5.41. The molecule has 25 heavy (non-hydrogen) atoms. The summed E-state index contributed by atoms with van der Waals surface area (Å²) in [5.41, 5.74) is 0.632. The van der Waals surface area contributed by atoms with Crippen LogP contribution in [0.5, 0.6) is 0 Å². The van der Waals surface area contributed by atoms with E-state index in [0.717, 1.165) is 0 Å². The van der Waals surface area contributed by atoms with Gasteiger partial charge in [0.25, 0.3) is 5.91 Å². The number of carbonyl (C=O) groups is 2. The van der Waals surface area contributed by atoms with Gasteiger partial charge in [-0.25, -0.2) is 0 Å².